The predicted molar refractivity (Wildman–Crippen MR) is 73.4 cm³/mol. The topological polar surface area (TPSA) is 9.23 Å². The van der Waals surface area contributed by atoms with E-state index < -0.39 is 22.4 Å². The molecular formula is C10H14Cl4OSi. The molecule has 2 aliphatic carbocycles. The lowest BCUT2D eigenvalue weighted by molar-refractivity contribution is 0.381. The summed E-state index contributed by atoms with van der Waals surface area (Å²) < 4.78 is 4.85. The molecule has 0 aliphatic heterocycles. The highest BCUT2D eigenvalue weighted by molar-refractivity contribution is 6.70. The number of hydrogen-bond donors (Lipinski definition) is 0. The summed E-state index contributed by atoms with van der Waals surface area (Å²) in [5.74, 6) is 0.883. The molecule has 0 radical (unpaired) electrons. The highest BCUT2D eigenvalue weighted by Gasteiger charge is 2.87. The zero-order valence-corrected chi connectivity index (χ0v) is 13.4. The molecule has 0 heterocycles. The van der Waals surface area contributed by atoms with Crippen molar-refractivity contribution in [3.05, 3.63) is 11.8 Å². The Morgan fingerprint density at radius 3 is 2.12 bits per heavy atom. The van der Waals surface area contributed by atoms with Crippen molar-refractivity contribution in [1.29, 1.82) is 0 Å². The van der Waals surface area contributed by atoms with E-state index in [1.165, 1.54) is 0 Å². The molecular weight excluding hydrogens is 306 g/mol. The molecule has 0 bridgehead atoms. The number of allylic oxidation sites excluding steroid dienone is 2. The summed E-state index contributed by atoms with van der Waals surface area (Å²) in [4.78, 5) is -1.52. The second kappa shape index (κ2) is 3.48. The Hall–Kier alpha value is 0.917. The average molecular weight is 320 g/mol. The minimum atomic E-state index is -1.62. The zero-order valence-electron chi connectivity index (χ0n) is 9.41. The van der Waals surface area contributed by atoms with Crippen LogP contribution in [-0.2, 0) is 4.43 Å². The Bertz CT molecular complexity index is 362. The summed E-state index contributed by atoms with van der Waals surface area (Å²) in [6.07, 6.45) is 3.04. The van der Waals surface area contributed by atoms with Gasteiger partial charge in [0.15, 0.2) is 4.33 Å². The number of hydrogen-bond acceptors (Lipinski definition) is 1. The third-order valence-corrected chi connectivity index (χ3v) is 7.18. The van der Waals surface area contributed by atoms with Crippen molar-refractivity contribution in [1.82, 2.24) is 0 Å². The zero-order chi connectivity index (χ0) is 12.4. The predicted octanol–water partition coefficient (Wildman–Crippen LogP) is 4.66. The summed E-state index contributed by atoms with van der Waals surface area (Å²) in [7, 11) is -1.62. The van der Waals surface area contributed by atoms with Gasteiger partial charge in [0.2, 0.25) is 8.32 Å². The van der Waals surface area contributed by atoms with Gasteiger partial charge in [0.05, 0.1) is 5.76 Å². The molecule has 16 heavy (non-hydrogen) atoms. The van der Waals surface area contributed by atoms with Crippen LogP contribution in [0.3, 0.4) is 0 Å². The van der Waals surface area contributed by atoms with E-state index in [1.807, 2.05) is 6.08 Å². The minimum absolute atomic E-state index is 0.509. The van der Waals surface area contributed by atoms with Gasteiger partial charge in [0.25, 0.3) is 0 Å². The van der Waals surface area contributed by atoms with Gasteiger partial charge in [-0.1, -0.05) is 23.2 Å². The monoisotopic (exact) mass is 318 g/mol. The summed E-state index contributed by atoms with van der Waals surface area (Å²) in [5, 5.41) is 0. The smallest absolute Gasteiger partial charge is 0.241 e. The van der Waals surface area contributed by atoms with E-state index in [2.05, 4.69) is 19.6 Å². The number of halogens is 4. The van der Waals surface area contributed by atoms with Crippen LogP contribution >= 0.6 is 46.4 Å². The lowest BCUT2D eigenvalue weighted by atomic mass is 10.1. The van der Waals surface area contributed by atoms with Crippen LogP contribution in [0.4, 0.5) is 0 Å². The molecule has 92 valence electrons. The van der Waals surface area contributed by atoms with Gasteiger partial charge in [-0.3, -0.25) is 0 Å². The first-order valence-corrected chi connectivity index (χ1v) is 10.1. The van der Waals surface area contributed by atoms with Crippen LogP contribution in [0.2, 0.25) is 19.6 Å². The lowest BCUT2D eigenvalue weighted by Gasteiger charge is -2.27. The van der Waals surface area contributed by atoms with E-state index in [-0.39, 0.29) is 0 Å². The van der Waals surface area contributed by atoms with Crippen molar-refractivity contribution >= 4 is 54.7 Å². The van der Waals surface area contributed by atoms with E-state index in [9.17, 15) is 0 Å². The van der Waals surface area contributed by atoms with Crippen LogP contribution in [0.25, 0.3) is 0 Å². The first-order valence-electron chi connectivity index (χ1n) is 5.17. The van der Waals surface area contributed by atoms with Gasteiger partial charge in [-0.2, -0.15) is 0 Å². The van der Waals surface area contributed by atoms with Crippen LogP contribution in [0.15, 0.2) is 11.8 Å². The molecule has 6 heteroatoms. The fraction of sp³-hybridized carbons (Fsp3) is 0.800. The molecule has 1 nitrogen and oxygen atoms in total. The van der Waals surface area contributed by atoms with E-state index >= 15 is 0 Å². The fourth-order valence-electron chi connectivity index (χ4n) is 2.11. The summed E-state index contributed by atoms with van der Waals surface area (Å²) in [5.41, 5.74) is 0. The van der Waals surface area contributed by atoms with Crippen LogP contribution in [-0.4, -0.2) is 22.4 Å². The Morgan fingerprint density at radius 2 is 1.69 bits per heavy atom. The molecule has 0 aromatic heterocycles. The van der Waals surface area contributed by atoms with E-state index in [1.54, 1.807) is 0 Å². The number of fused-ring (bicyclic) bond motifs is 1. The van der Waals surface area contributed by atoms with Crippen molar-refractivity contribution in [2.45, 2.75) is 46.6 Å². The Kier molecular flexibility index (Phi) is 2.90. The lowest BCUT2D eigenvalue weighted by Crippen LogP contribution is -2.29. The van der Waals surface area contributed by atoms with Crippen molar-refractivity contribution in [3.63, 3.8) is 0 Å². The minimum Gasteiger partial charge on any atom is -0.548 e. The molecule has 2 unspecified atom stereocenters. The third kappa shape index (κ3) is 1.64. The van der Waals surface area contributed by atoms with Gasteiger partial charge >= 0.3 is 0 Å². The van der Waals surface area contributed by atoms with Crippen LogP contribution < -0.4 is 0 Å². The number of alkyl halides is 4. The van der Waals surface area contributed by atoms with Gasteiger partial charge in [-0.25, -0.2) is 0 Å². The van der Waals surface area contributed by atoms with Crippen molar-refractivity contribution in [2.24, 2.45) is 0 Å². The second-order valence-electron chi connectivity index (χ2n) is 5.44. The number of rotatable bonds is 2. The molecule has 0 saturated heterocycles. The van der Waals surface area contributed by atoms with Gasteiger partial charge in [0, 0.05) is 6.42 Å². The van der Waals surface area contributed by atoms with Gasteiger partial charge in [-0.05, 0) is 32.1 Å². The molecule has 2 atom stereocenters. The highest BCUT2D eigenvalue weighted by atomic mass is 35.5. The molecule has 1 fully saturated rings. The third-order valence-electron chi connectivity index (χ3n) is 3.03. The van der Waals surface area contributed by atoms with Gasteiger partial charge in [-0.15, -0.1) is 23.2 Å². The summed E-state index contributed by atoms with van der Waals surface area (Å²) >= 11 is 25.0. The summed E-state index contributed by atoms with van der Waals surface area (Å²) in [6, 6.07) is 0. The van der Waals surface area contributed by atoms with Crippen LogP contribution in [0.1, 0.15) is 12.8 Å². The van der Waals surface area contributed by atoms with Gasteiger partial charge < -0.3 is 4.43 Å². The molecule has 0 N–H and O–H groups in total. The fourth-order valence-corrected chi connectivity index (χ4v) is 5.00. The first-order chi connectivity index (χ1) is 7.04. The van der Waals surface area contributed by atoms with Crippen molar-refractivity contribution in [2.75, 3.05) is 0 Å². The molecule has 0 amide bonds. The molecule has 0 aromatic carbocycles. The van der Waals surface area contributed by atoms with Gasteiger partial charge in [0.1, 0.15) is 9.75 Å². The second-order valence-corrected chi connectivity index (χ2v) is 12.5. The maximum absolute atomic E-state index is 6.40. The van der Waals surface area contributed by atoms with E-state index in [4.69, 9.17) is 50.8 Å². The molecule has 0 aromatic rings. The normalized spacial score (nSPS) is 41.1. The maximum Gasteiger partial charge on any atom is 0.241 e. The van der Waals surface area contributed by atoms with E-state index in [0.29, 0.717) is 12.8 Å². The Morgan fingerprint density at radius 1 is 1.12 bits per heavy atom. The first kappa shape index (κ1) is 13.4. The highest BCUT2D eigenvalue weighted by Crippen LogP contribution is 2.77. The molecule has 0 spiro atoms. The Labute approximate surface area is 117 Å². The molecule has 2 rings (SSSR count). The van der Waals surface area contributed by atoms with Crippen molar-refractivity contribution in [3.8, 4) is 0 Å². The van der Waals surface area contributed by atoms with Crippen LogP contribution in [0.5, 0.6) is 0 Å². The van der Waals surface area contributed by atoms with Crippen LogP contribution in [0, 0.1) is 0 Å². The SMILES string of the molecule is C[Si](C)(C)OC1=CCC2(Cl)C(Cl)(Cl)C2(Cl)C1. The Balaban J connectivity index is 2.16. The van der Waals surface area contributed by atoms with Crippen molar-refractivity contribution < 1.29 is 4.43 Å². The quantitative estimate of drug-likeness (QED) is 0.531. The summed E-state index contributed by atoms with van der Waals surface area (Å²) in [6.45, 7) is 6.37. The average Bonchev–Trinajstić information content (AvgIpc) is 2.41. The van der Waals surface area contributed by atoms with E-state index in [0.717, 1.165) is 5.76 Å². The largest absolute Gasteiger partial charge is 0.548 e. The molecule has 1 saturated carbocycles. The maximum atomic E-state index is 6.40. The molecule has 2 aliphatic rings. The standard InChI is InChI=1S/C10H14Cl4OSi/c1-16(2,3)15-7-4-5-8(11)9(12,6-7)10(8,13)14/h4H,5-6H2,1-3H3.